The molecule has 0 saturated carbocycles. The lowest BCUT2D eigenvalue weighted by Crippen LogP contribution is -2.45. The zero-order valence-corrected chi connectivity index (χ0v) is 22.1. The minimum atomic E-state index is -1.27. The molecule has 3 aromatic carbocycles. The second-order valence-electron chi connectivity index (χ2n) is 9.18. The molecule has 0 aliphatic heterocycles. The Morgan fingerprint density at radius 2 is 1.21 bits per heavy atom. The molecular weight excluding hydrogens is 498 g/mol. The maximum atomic E-state index is 12.7. The number of esters is 1. The predicted molar refractivity (Wildman–Crippen MR) is 146 cm³/mol. The monoisotopic (exact) mass is 533 g/mol. The second kappa shape index (κ2) is 16.5. The largest absolute Gasteiger partial charge is 0.508 e. The Labute approximate surface area is 229 Å². The van der Waals surface area contributed by atoms with Crippen LogP contribution in [0.5, 0.6) is 0 Å². The molecule has 3 rings (SSSR count). The lowest BCUT2D eigenvalue weighted by molar-refractivity contribution is -0.148. The number of ether oxygens (including phenoxy) is 4. The number of amides is 1. The topological polar surface area (TPSA) is 100 Å². The Hall–Kier alpha value is -4.33. The molecule has 206 valence electrons. The standard InChI is InChI=1S/C31H35NO7/c1-24(17-18-25-11-5-2-6-12-25)19-20-36-31(35)39-23-28(29(33)37-21-26-13-7-3-8-14-26)32-30(34)38-22-27-15-9-4-10-16-27/h2-16,24,28H,17-23H2,1H3,(H,32,34). The van der Waals surface area contributed by atoms with Crippen LogP contribution in [0.4, 0.5) is 9.59 Å². The number of hydrogen-bond acceptors (Lipinski definition) is 7. The van der Waals surface area contributed by atoms with E-state index in [1.807, 2.05) is 54.6 Å². The number of alkyl carbamates (subject to hydrolysis) is 1. The molecule has 0 fully saturated rings. The molecule has 3 aromatic rings. The number of carbonyl (C=O) groups is 3. The summed E-state index contributed by atoms with van der Waals surface area (Å²) < 4.78 is 20.8. The van der Waals surface area contributed by atoms with E-state index in [1.165, 1.54) is 5.56 Å². The number of rotatable bonds is 14. The van der Waals surface area contributed by atoms with Gasteiger partial charge in [-0.1, -0.05) is 97.9 Å². The zero-order chi connectivity index (χ0) is 27.7. The van der Waals surface area contributed by atoms with Crippen LogP contribution < -0.4 is 5.32 Å². The zero-order valence-electron chi connectivity index (χ0n) is 22.1. The summed E-state index contributed by atoms with van der Waals surface area (Å²) in [5.41, 5.74) is 2.83. The average Bonchev–Trinajstić information content (AvgIpc) is 2.97. The van der Waals surface area contributed by atoms with Crippen LogP contribution in [0.25, 0.3) is 0 Å². The highest BCUT2D eigenvalue weighted by Crippen LogP contribution is 2.13. The fraction of sp³-hybridized carbons (Fsp3) is 0.323. The van der Waals surface area contributed by atoms with Gasteiger partial charge in [0.2, 0.25) is 0 Å². The molecule has 1 amide bonds. The smallest absolute Gasteiger partial charge is 0.459 e. The lowest BCUT2D eigenvalue weighted by atomic mass is 9.99. The SMILES string of the molecule is CC(CCOC(=O)OCC(NC(=O)OCc1ccccc1)C(=O)OCc1ccccc1)CCc1ccccc1. The first kappa shape index (κ1) is 29.2. The van der Waals surface area contributed by atoms with Crippen LogP contribution in [0.15, 0.2) is 91.0 Å². The van der Waals surface area contributed by atoms with Crippen molar-refractivity contribution < 1.29 is 33.3 Å². The lowest BCUT2D eigenvalue weighted by Gasteiger charge is -2.18. The molecule has 0 saturated heterocycles. The van der Waals surface area contributed by atoms with Crippen LogP contribution >= 0.6 is 0 Å². The highest BCUT2D eigenvalue weighted by atomic mass is 16.7. The van der Waals surface area contributed by atoms with Gasteiger partial charge in [-0.2, -0.15) is 0 Å². The fourth-order valence-corrected chi connectivity index (χ4v) is 3.64. The summed E-state index contributed by atoms with van der Waals surface area (Å²) in [6.45, 7) is 1.84. The van der Waals surface area contributed by atoms with Crippen molar-refractivity contribution in [3.8, 4) is 0 Å². The minimum Gasteiger partial charge on any atom is -0.459 e. The van der Waals surface area contributed by atoms with Gasteiger partial charge >= 0.3 is 18.2 Å². The second-order valence-corrected chi connectivity index (χ2v) is 9.18. The van der Waals surface area contributed by atoms with Gasteiger partial charge in [0, 0.05) is 0 Å². The molecule has 0 aliphatic carbocycles. The summed E-state index contributed by atoms with van der Waals surface area (Å²) >= 11 is 0. The van der Waals surface area contributed by atoms with Gasteiger partial charge in [0.15, 0.2) is 6.04 Å². The Balaban J connectivity index is 1.43. The van der Waals surface area contributed by atoms with Crippen LogP contribution in [-0.4, -0.2) is 37.5 Å². The molecule has 2 atom stereocenters. The van der Waals surface area contributed by atoms with Crippen molar-refractivity contribution in [3.63, 3.8) is 0 Å². The number of benzene rings is 3. The van der Waals surface area contributed by atoms with Gasteiger partial charge < -0.3 is 24.3 Å². The summed E-state index contributed by atoms with van der Waals surface area (Å²) in [5, 5.41) is 2.42. The summed E-state index contributed by atoms with van der Waals surface area (Å²) in [4.78, 5) is 37.2. The van der Waals surface area contributed by atoms with Crippen LogP contribution in [0.2, 0.25) is 0 Å². The molecule has 8 nitrogen and oxygen atoms in total. The third-order valence-corrected chi connectivity index (χ3v) is 5.98. The first-order chi connectivity index (χ1) is 19.0. The van der Waals surface area contributed by atoms with Crippen LogP contribution in [0.3, 0.4) is 0 Å². The molecule has 0 bridgehead atoms. The molecule has 0 spiro atoms. The molecule has 1 N–H and O–H groups in total. The van der Waals surface area contributed by atoms with Crippen molar-refractivity contribution in [3.05, 3.63) is 108 Å². The van der Waals surface area contributed by atoms with Crippen LogP contribution in [-0.2, 0) is 43.4 Å². The molecule has 2 unspecified atom stereocenters. The van der Waals surface area contributed by atoms with E-state index in [0.717, 1.165) is 24.0 Å². The van der Waals surface area contributed by atoms with Gasteiger partial charge in [0.1, 0.15) is 19.8 Å². The van der Waals surface area contributed by atoms with Gasteiger partial charge in [-0.25, -0.2) is 14.4 Å². The van der Waals surface area contributed by atoms with Crippen LogP contribution in [0, 0.1) is 5.92 Å². The van der Waals surface area contributed by atoms with Crippen molar-refractivity contribution in [2.24, 2.45) is 5.92 Å². The van der Waals surface area contributed by atoms with Gasteiger partial charge in [0.05, 0.1) is 6.61 Å². The van der Waals surface area contributed by atoms with E-state index in [0.29, 0.717) is 12.3 Å². The summed E-state index contributed by atoms with van der Waals surface area (Å²) in [6.07, 6.45) is 0.822. The van der Waals surface area contributed by atoms with Gasteiger partial charge in [-0.05, 0) is 41.9 Å². The molecule has 8 heteroatoms. The van der Waals surface area contributed by atoms with Gasteiger partial charge in [-0.15, -0.1) is 0 Å². The Kier molecular flexibility index (Phi) is 12.4. The first-order valence-corrected chi connectivity index (χ1v) is 13.0. The van der Waals surface area contributed by atoms with E-state index in [1.54, 1.807) is 24.3 Å². The van der Waals surface area contributed by atoms with E-state index in [9.17, 15) is 14.4 Å². The maximum Gasteiger partial charge on any atom is 0.508 e. The third kappa shape index (κ3) is 11.7. The van der Waals surface area contributed by atoms with Crippen molar-refractivity contribution in [1.29, 1.82) is 0 Å². The summed E-state index contributed by atoms with van der Waals surface area (Å²) in [7, 11) is 0. The van der Waals surface area contributed by atoms with E-state index < -0.39 is 30.9 Å². The number of carbonyl (C=O) groups excluding carboxylic acids is 3. The van der Waals surface area contributed by atoms with Crippen molar-refractivity contribution >= 4 is 18.2 Å². The fourth-order valence-electron chi connectivity index (χ4n) is 3.64. The summed E-state index contributed by atoms with van der Waals surface area (Å²) in [5.74, 6) is -0.419. The molecular formula is C31H35NO7. The van der Waals surface area contributed by atoms with E-state index in [-0.39, 0.29) is 19.8 Å². The van der Waals surface area contributed by atoms with E-state index in [4.69, 9.17) is 18.9 Å². The predicted octanol–water partition coefficient (Wildman–Crippen LogP) is 5.84. The number of hydrogen-bond donors (Lipinski definition) is 1. The normalized spacial score (nSPS) is 12.0. The van der Waals surface area contributed by atoms with Crippen LogP contribution in [0.1, 0.15) is 36.5 Å². The number of nitrogens with one attached hydrogen (secondary N) is 1. The highest BCUT2D eigenvalue weighted by molar-refractivity contribution is 5.81. The third-order valence-electron chi connectivity index (χ3n) is 5.98. The van der Waals surface area contributed by atoms with Crippen molar-refractivity contribution in [2.45, 2.75) is 45.4 Å². The first-order valence-electron chi connectivity index (χ1n) is 13.0. The van der Waals surface area contributed by atoms with E-state index in [2.05, 4.69) is 24.4 Å². The average molecular weight is 534 g/mol. The van der Waals surface area contributed by atoms with Crippen molar-refractivity contribution in [2.75, 3.05) is 13.2 Å². The Morgan fingerprint density at radius 3 is 1.79 bits per heavy atom. The number of aryl methyl sites for hydroxylation is 1. The quantitative estimate of drug-likeness (QED) is 0.205. The highest BCUT2D eigenvalue weighted by Gasteiger charge is 2.25. The summed E-state index contributed by atoms with van der Waals surface area (Å²) in [6, 6.07) is 27.1. The Morgan fingerprint density at radius 1 is 0.667 bits per heavy atom. The molecule has 0 radical (unpaired) electrons. The van der Waals surface area contributed by atoms with E-state index >= 15 is 0 Å². The van der Waals surface area contributed by atoms with Gasteiger partial charge in [-0.3, -0.25) is 0 Å². The molecule has 0 aliphatic rings. The molecule has 0 heterocycles. The molecule has 0 aromatic heterocycles. The Bertz CT molecular complexity index is 1140. The van der Waals surface area contributed by atoms with Gasteiger partial charge in [0.25, 0.3) is 0 Å². The molecule has 39 heavy (non-hydrogen) atoms. The maximum absolute atomic E-state index is 12.7. The van der Waals surface area contributed by atoms with Crippen molar-refractivity contribution in [1.82, 2.24) is 5.32 Å². The minimum absolute atomic E-state index is 0.00221.